The summed E-state index contributed by atoms with van der Waals surface area (Å²) in [6, 6.07) is 8.12. The second kappa shape index (κ2) is 6.16. The molecule has 1 aromatic rings. The maximum atomic E-state index is 4.91. The monoisotopic (exact) mass is 192 g/mol. The molecule has 3 heteroatoms. The Hall–Kier alpha value is -1.35. The van der Waals surface area contributed by atoms with E-state index in [4.69, 9.17) is 4.84 Å². The van der Waals surface area contributed by atoms with Crippen LogP contribution in [-0.2, 0) is 11.3 Å². The predicted octanol–water partition coefficient (Wildman–Crippen LogP) is 2.45. The molecule has 14 heavy (non-hydrogen) atoms. The third-order valence-electron chi connectivity index (χ3n) is 1.81. The summed E-state index contributed by atoms with van der Waals surface area (Å²) in [5.74, 6) is 0. The van der Waals surface area contributed by atoms with Crippen LogP contribution in [0.1, 0.15) is 19.4 Å². The third kappa shape index (κ3) is 3.58. The average molecular weight is 192 g/mol. The summed E-state index contributed by atoms with van der Waals surface area (Å²) in [5, 5.41) is 0. The van der Waals surface area contributed by atoms with Crippen LogP contribution in [0.25, 0.3) is 0 Å². The van der Waals surface area contributed by atoms with Crippen molar-refractivity contribution in [1.29, 1.82) is 0 Å². The van der Waals surface area contributed by atoms with Crippen molar-refractivity contribution in [2.45, 2.75) is 20.3 Å². The van der Waals surface area contributed by atoms with Crippen LogP contribution in [-0.4, -0.2) is 12.9 Å². The summed E-state index contributed by atoms with van der Waals surface area (Å²) in [6.45, 7) is 4.67. The first kappa shape index (κ1) is 10.7. The number of hydroxylamine groups is 1. The molecule has 1 rings (SSSR count). The van der Waals surface area contributed by atoms with Crippen molar-refractivity contribution in [3.63, 3.8) is 0 Å². The number of nitrogens with one attached hydrogen (secondary N) is 1. The molecule has 0 bridgehead atoms. The van der Waals surface area contributed by atoms with Gasteiger partial charge in [-0.15, -0.1) is 0 Å². The van der Waals surface area contributed by atoms with Gasteiger partial charge in [0.15, 0.2) is 0 Å². The van der Waals surface area contributed by atoms with Crippen molar-refractivity contribution in [1.82, 2.24) is 5.48 Å². The lowest BCUT2D eigenvalue weighted by atomic mass is 10.1. The van der Waals surface area contributed by atoms with Gasteiger partial charge < -0.3 is 0 Å². The lowest BCUT2D eigenvalue weighted by molar-refractivity contribution is 0.100. The molecule has 1 aromatic carbocycles. The lowest BCUT2D eigenvalue weighted by Gasteiger charge is -1.99. The van der Waals surface area contributed by atoms with Crippen molar-refractivity contribution in [3.05, 3.63) is 29.8 Å². The van der Waals surface area contributed by atoms with Gasteiger partial charge in [-0.05, 0) is 31.0 Å². The van der Waals surface area contributed by atoms with Crippen molar-refractivity contribution in [2.75, 3.05) is 6.61 Å². The molecule has 3 nitrogen and oxygen atoms in total. The molecule has 0 heterocycles. The number of rotatable bonds is 5. The summed E-state index contributed by atoms with van der Waals surface area (Å²) in [5.41, 5.74) is 4.86. The van der Waals surface area contributed by atoms with Gasteiger partial charge in [0.1, 0.15) is 6.34 Å². The first-order valence-corrected chi connectivity index (χ1v) is 4.85. The van der Waals surface area contributed by atoms with E-state index in [9.17, 15) is 0 Å². The van der Waals surface area contributed by atoms with E-state index in [0.717, 1.165) is 12.1 Å². The van der Waals surface area contributed by atoms with Crippen LogP contribution in [0.4, 0.5) is 5.69 Å². The largest absolute Gasteiger partial charge is 0.276 e. The Balaban J connectivity index is 2.53. The molecule has 76 valence electrons. The zero-order chi connectivity index (χ0) is 10.2. The van der Waals surface area contributed by atoms with E-state index in [2.05, 4.69) is 29.5 Å². The molecule has 0 aliphatic carbocycles. The van der Waals surface area contributed by atoms with Gasteiger partial charge >= 0.3 is 0 Å². The fraction of sp³-hybridized carbons (Fsp3) is 0.364. The van der Waals surface area contributed by atoms with Gasteiger partial charge in [0.05, 0.1) is 12.3 Å². The van der Waals surface area contributed by atoms with Gasteiger partial charge in [0.25, 0.3) is 0 Å². The summed E-state index contributed by atoms with van der Waals surface area (Å²) >= 11 is 0. The molecule has 0 aliphatic heterocycles. The highest BCUT2D eigenvalue weighted by Crippen LogP contribution is 2.13. The third-order valence-corrected chi connectivity index (χ3v) is 1.81. The van der Waals surface area contributed by atoms with Gasteiger partial charge in [-0.1, -0.05) is 19.1 Å². The average Bonchev–Trinajstić information content (AvgIpc) is 2.25. The molecule has 0 aromatic heterocycles. The summed E-state index contributed by atoms with van der Waals surface area (Å²) in [6.07, 6.45) is 2.58. The zero-order valence-corrected chi connectivity index (χ0v) is 8.66. The molecule has 0 amide bonds. The molecular weight excluding hydrogens is 176 g/mol. The molecule has 0 atom stereocenters. The van der Waals surface area contributed by atoms with Crippen LogP contribution >= 0.6 is 0 Å². The highest BCUT2D eigenvalue weighted by atomic mass is 16.6. The van der Waals surface area contributed by atoms with Crippen LogP contribution in [0, 0.1) is 0 Å². The molecule has 0 saturated carbocycles. The first-order valence-electron chi connectivity index (χ1n) is 4.85. The molecule has 0 fully saturated rings. The van der Waals surface area contributed by atoms with Gasteiger partial charge in [0.2, 0.25) is 0 Å². The maximum Gasteiger partial charge on any atom is 0.113 e. The van der Waals surface area contributed by atoms with E-state index in [-0.39, 0.29) is 0 Å². The lowest BCUT2D eigenvalue weighted by Crippen LogP contribution is -2.10. The summed E-state index contributed by atoms with van der Waals surface area (Å²) in [4.78, 5) is 9.10. The molecule has 0 unspecified atom stereocenters. The fourth-order valence-corrected chi connectivity index (χ4v) is 1.08. The second-order valence-electron chi connectivity index (χ2n) is 2.83. The standard InChI is InChI=1S/C11H16N2O/c1-3-10-6-5-7-11(8-10)12-9-13-14-4-2/h5-9H,3-4H2,1-2H3,(H,12,13). The Kier molecular flexibility index (Phi) is 4.72. The zero-order valence-electron chi connectivity index (χ0n) is 8.66. The van der Waals surface area contributed by atoms with Crippen LogP contribution in [0.3, 0.4) is 0 Å². The normalized spacial score (nSPS) is 10.7. The number of hydrogen-bond acceptors (Lipinski definition) is 2. The molecule has 0 spiro atoms. The highest BCUT2D eigenvalue weighted by Gasteiger charge is 1.90. The minimum Gasteiger partial charge on any atom is -0.276 e. The Labute approximate surface area is 84.8 Å². The number of aliphatic imine (C=N–C) groups is 1. The van der Waals surface area contributed by atoms with E-state index in [1.165, 1.54) is 5.56 Å². The van der Waals surface area contributed by atoms with Crippen molar-refractivity contribution in [3.8, 4) is 0 Å². The van der Waals surface area contributed by atoms with Crippen LogP contribution in [0.2, 0.25) is 0 Å². The molecular formula is C11H16N2O. The Bertz CT molecular complexity index is 297. The summed E-state index contributed by atoms with van der Waals surface area (Å²) < 4.78 is 0. The highest BCUT2D eigenvalue weighted by molar-refractivity contribution is 5.60. The molecule has 1 N–H and O–H groups in total. The Morgan fingerprint density at radius 1 is 1.43 bits per heavy atom. The first-order chi connectivity index (χ1) is 6.86. The minimum atomic E-state index is 0.626. The minimum absolute atomic E-state index is 0.626. The predicted molar refractivity (Wildman–Crippen MR) is 58.7 cm³/mol. The molecule has 0 radical (unpaired) electrons. The SMILES string of the molecule is CCONC=Nc1cccc(CC)c1. The maximum absolute atomic E-state index is 4.91. The Morgan fingerprint density at radius 2 is 2.29 bits per heavy atom. The van der Waals surface area contributed by atoms with Crippen molar-refractivity contribution >= 4 is 12.0 Å². The fourth-order valence-electron chi connectivity index (χ4n) is 1.08. The van der Waals surface area contributed by atoms with Crippen molar-refractivity contribution < 1.29 is 4.84 Å². The van der Waals surface area contributed by atoms with Gasteiger partial charge in [0, 0.05) is 0 Å². The number of nitrogens with zero attached hydrogens (tertiary/aromatic N) is 1. The van der Waals surface area contributed by atoms with Crippen LogP contribution in [0.15, 0.2) is 29.3 Å². The van der Waals surface area contributed by atoms with E-state index >= 15 is 0 Å². The van der Waals surface area contributed by atoms with Gasteiger partial charge in [-0.2, -0.15) is 0 Å². The van der Waals surface area contributed by atoms with Crippen molar-refractivity contribution in [2.24, 2.45) is 4.99 Å². The van der Waals surface area contributed by atoms with E-state index < -0.39 is 0 Å². The number of hydrogen-bond donors (Lipinski definition) is 1. The second-order valence-corrected chi connectivity index (χ2v) is 2.83. The quantitative estimate of drug-likeness (QED) is 0.336. The summed E-state index contributed by atoms with van der Waals surface area (Å²) in [7, 11) is 0. The number of aryl methyl sites for hydroxylation is 1. The topological polar surface area (TPSA) is 33.6 Å². The van der Waals surface area contributed by atoms with E-state index in [1.54, 1.807) is 6.34 Å². The Morgan fingerprint density at radius 3 is 3.00 bits per heavy atom. The van der Waals surface area contributed by atoms with E-state index in [1.807, 2.05) is 19.1 Å². The molecule has 0 aliphatic rings. The number of benzene rings is 1. The van der Waals surface area contributed by atoms with Gasteiger partial charge in [-0.25, -0.2) is 4.99 Å². The molecule has 0 saturated heterocycles. The van der Waals surface area contributed by atoms with Crippen LogP contribution in [0.5, 0.6) is 0 Å². The smallest absolute Gasteiger partial charge is 0.113 e. The van der Waals surface area contributed by atoms with Gasteiger partial charge in [-0.3, -0.25) is 10.3 Å². The van der Waals surface area contributed by atoms with Crippen LogP contribution < -0.4 is 5.48 Å². The van der Waals surface area contributed by atoms with E-state index in [0.29, 0.717) is 6.61 Å².